The van der Waals surface area contributed by atoms with Gasteiger partial charge in [0.15, 0.2) is 0 Å². The Morgan fingerprint density at radius 3 is 2.50 bits per heavy atom. The topological polar surface area (TPSA) is 55.1 Å². The molecule has 124 valence electrons. The molecule has 0 aliphatic rings. The number of aliphatic carboxylic acids is 1. The summed E-state index contributed by atoms with van der Waals surface area (Å²) < 4.78 is 2.28. The van der Waals surface area contributed by atoms with Crippen molar-refractivity contribution in [2.45, 2.75) is 39.2 Å². The van der Waals surface area contributed by atoms with E-state index in [1.54, 1.807) is 0 Å². The van der Waals surface area contributed by atoms with Crippen LogP contribution in [0.4, 0.5) is 0 Å². The molecule has 0 aliphatic carbocycles. The quantitative estimate of drug-likeness (QED) is 0.669. The highest BCUT2D eigenvalue weighted by atomic mass is 16.4. The summed E-state index contributed by atoms with van der Waals surface area (Å²) in [5.74, 6) is 0.278. The molecule has 4 nitrogen and oxygen atoms in total. The van der Waals surface area contributed by atoms with Crippen molar-refractivity contribution < 1.29 is 9.90 Å². The summed E-state index contributed by atoms with van der Waals surface area (Å²) in [6.07, 6.45) is 3.30. The van der Waals surface area contributed by atoms with Gasteiger partial charge in [-0.3, -0.25) is 4.79 Å². The van der Waals surface area contributed by atoms with Crippen molar-refractivity contribution >= 4 is 17.0 Å². The number of nitrogens with zero attached hydrogens (tertiary/aromatic N) is 2. The number of aryl methyl sites for hydroxylation is 3. The Labute approximate surface area is 141 Å². The molecule has 0 radical (unpaired) electrons. The Morgan fingerprint density at radius 2 is 1.75 bits per heavy atom. The summed E-state index contributed by atoms with van der Waals surface area (Å²) in [5.41, 5.74) is 4.38. The monoisotopic (exact) mass is 322 g/mol. The van der Waals surface area contributed by atoms with E-state index in [1.807, 2.05) is 30.3 Å². The predicted molar refractivity (Wildman–Crippen MR) is 95.2 cm³/mol. The van der Waals surface area contributed by atoms with Gasteiger partial charge < -0.3 is 9.67 Å². The smallest absolute Gasteiger partial charge is 0.307 e. The highest BCUT2D eigenvalue weighted by Gasteiger charge is 2.06. The summed E-state index contributed by atoms with van der Waals surface area (Å²) in [5, 5.41) is 8.79. The van der Waals surface area contributed by atoms with E-state index in [1.165, 1.54) is 11.1 Å². The van der Waals surface area contributed by atoms with Crippen LogP contribution in [0, 0.1) is 6.92 Å². The molecule has 1 aromatic heterocycles. The molecule has 2 aromatic carbocycles. The maximum atomic E-state index is 10.7. The van der Waals surface area contributed by atoms with E-state index in [0.717, 1.165) is 42.7 Å². The van der Waals surface area contributed by atoms with Crippen molar-refractivity contribution in [1.29, 1.82) is 0 Å². The van der Waals surface area contributed by atoms with Crippen LogP contribution in [0.15, 0.2) is 48.5 Å². The molecular weight excluding hydrogens is 300 g/mol. The number of carboxylic acid groups (broad SMARTS) is 1. The van der Waals surface area contributed by atoms with Gasteiger partial charge in [-0.25, -0.2) is 4.98 Å². The Morgan fingerprint density at radius 1 is 1.04 bits per heavy atom. The molecule has 1 N–H and O–H groups in total. The minimum atomic E-state index is -0.786. The van der Waals surface area contributed by atoms with Gasteiger partial charge in [-0.05, 0) is 49.4 Å². The van der Waals surface area contributed by atoms with Crippen molar-refractivity contribution in [2.24, 2.45) is 0 Å². The highest BCUT2D eigenvalue weighted by molar-refractivity contribution is 5.75. The summed E-state index contributed by atoms with van der Waals surface area (Å²) in [6, 6.07) is 16.2. The minimum absolute atomic E-state index is 0.0905. The van der Waals surface area contributed by atoms with E-state index in [4.69, 9.17) is 5.11 Å². The van der Waals surface area contributed by atoms with Gasteiger partial charge in [-0.15, -0.1) is 0 Å². The fraction of sp³-hybridized carbons (Fsp3) is 0.300. The molecule has 3 rings (SSSR count). The van der Waals surface area contributed by atoms with Gasteiger partial charge in [0.1, 0.15) is 5.82 Å². The second-order valence-electron chi connectivity index (χ2n) is 6.14. The zero-order chi connectivity index (χ0) is 16.9. The Balaban J connectivity index is 1.53. The largest absolute Gasteiger partial charge is 0.481 e. The lowest BCUT2D eigenvalue weighted by Gasteiger charge is -2.07. The molecule has 0 spiro atoms. The molecule has 3 aromatic rings. The number of hydrogen-bond acceptors (Lipinski definition) is 2. The molecule has 0 amide bonds. The van der Waals surface area contributed by atoms with Gasteiger partial charge in [0.25, 0.3) is 0 Å². The van der Waals surface area contributed by atoms with Gasteiger partial charge in [-0.1, -0.05) is 36.4 Å². The van der Waals surface area contributed by atoms with Crippen molar-refractivity contribution in [3.05, 3.63) is 65.5 Å². The summed E-state index contributed by atoms with van der Waals surface area (Å²) in [7, 11) is 0. The third-order valence-corrected chi connectivity index (χ3v) is 4.32. The first kappa shape index (κ1) is 16.2. The molecule has 1 heterocycles. The molecule has 4 heteroatoms. The number of hydrogen-bond donors (Lipinski definition) is 1. The zero-order valence-corrected chi connectivity index (χ0v) is 13.9. The fourth-order valence-electron chi connectivity index (χ4n) is 3.08. The number of aromatic nitrogens is 2. The van der Waals surface area contributed by atoms with Gasteiger partial charge in [0.05, 0.1) is 17.5 Å². The molecule has 0 unspecified atom stereocenters. The Hall–Kier alpha value is -2.62. The van der Waals surface area contributed by atoms with E-state index in [-0.39, 0.29) is 6.42 Å². The van der Waals surface area contributed by atoms with Crippen molar-refractivity contribution in [1.82, 2.24) is 9.55 Å². The highest BCUT2D eigenvalue weighted by Crippen LogP contribution is 2.17. The number of carbonyl (C=O) groups is 1. The molecule has 0 saturated carbocycles. The van der Waals surface area contributed by atoms with E-state index in [9.17, 15) is 4.79 Å². The predicted octanol–water partition coefficient (Wildman–Crippen LogP) is 3.99. The maximum absolute atomic E-state index is 10.7. The van der Waals surface area contributed by atoms with E-state index >= 15 is 0 Å². The van der Waals surface area contributed by atoms with Crippen LogP contribution in [-0.4, -0.2) is 20.6 Å². The Bertz CT molecular complexity index is 834. The van der Waals surface area contributed by atoms with Gasteiger partial charge in [0, 0.05) is 6.54 Å². The molecule has 0 fully saturated rings. The standard InChI is InChI=1S/C20H22N2O2/c1-15-21-18-7-2-3-8-19(18)22(15)13-5-4-6-16-9-11-17(12-10-16)14-20(23)24/h2-3,7-12H,4-6,13-14H2,1H3,(H,23,24). The van der Waals surface area contributed by atoms with Crippen molar-refractivity contribution in [3.8, 4) is 0 Å². The Kier molecular flexibility index (Phi) is 4.94. The number of imidazole rings is 1. The summed E-state index contributed by atoms with van der Waals surface area (Å²) >= 11 is 0. The number of benzene rings is 2. The first-order chi connectivity index (χ1) is 11.6. The van der Waals surface area contributed by atoms with Crippen LogP contribution in [0.3, 0.4) is 0 Å². The van der Waals surface area contributed by atoms with Gasteiger partial charge >= 0.3 is 5.97 Å². The SMILES string of the molecule is Cc1nc2ccccc2n1CCCCc1ccc(CC(=O)O)cc1. The molecule has 0 atom stereocenters. The average Bonchev–Trinajstić information content (AvgIpc) is 2.88. The lowest BCUT2D eigenvalue weighted by atomic mass is 10.0. The number of carboxylic acids is 1. The van der Waals surface area contributed by atoms with Crippen LogP contribution in [0.5, 0.6) is 0 Å². The van der Waals surface area contributed by atoms with Crippen LogP contribution in [-0.2, 0) is 24.2 Å². The molecule has 24 heavy (non-hydrogen) atoms. The fourth-order valence-corrected chi connectivity index (χ4v) is 3.08. The zero-order valence-electron chi connectivity index (χ0n) is 13.9. The number of para-hydroxylation sites is 2. The first-order valence-electron chi connectivity index (χ1n) is 8.35. The normalized spacial score (nSPS) is 11.0. The molecule has 0 aliphatic heterocycles. The maximum Gasteiger partial charge on any atom is 0.307 e. The molecule has 0 bridgehead atoms. The second kappa shape index (κ2) is 7.30. The second-order valence-corrected chi connectivity index (χ2v) is 6.14. The third kappa shape index (κ3) is 3.82. The van der Waals surface area contributed by atoms with Crippen molar-refractivity contribution in [2.75, 3.05) is 0 Å². The van der Waals surface area contributed by atoms with Crippen LogP contribution < -0.4 is 0 Å². The number of rotatable bonds is 7. The van der Waals surface area contributed by atoms with E-state index in [0.29, 0.717) is 0 Å². The first-order valence-corrected chi connectivity index (χ1v) is 8.35. The van der Waals surface area contributed by atoms with Crippen LogP contribution in [0.2, 0.25) is 0 Å². The van der Waals surface area contributed by atoms with Crippen molar-refractivity contribution in [3.63, 3.8) is 0 Å². The van der Waals surface area contributed by atoms with E-state index < -0.39 is 5.97 Å². The lowest BCUT2D eigenvalue weighted by molar-refractivity contribution is -0.136. The lowest BCUT2D eigenvalue weighted by Crippen LogP contribution is -2.01. The van der Waals surface area contributed by atoms with Gasteiger partial charge in [-0.2, -0.15) is 0 Å². The van der Waals surface area contributed by atoms with E-state index in [2.05, 4.69) is 34.7 Å². The number of unbranched alkanes of at least 4 members (excludes halogenated alkanes) is 1. The average molecular weight is 322 g/mol. The number of fused-ring (bicyclic) bond motifs is 1. The van der Waals surface area contributed by atoms with Crippen LogP contribution in [0.1, 0.15) is 29.8 Å². The molecular formula is C20H22N2O2. The minimum Gasteiger partial charge on any atom is -0.481 e. The van der Waals surface area contributed by atoms with Gasteiger partial charge in [0.2, 0.25) is 0 Å². The third-order valence-electron chi connectivity index (χ3n) is 4.32. The summed E-state index contributed by atoms with van der Waals surface area (Å²) in [6.45, 7) is 3.03. The van der Waals surface area contributed by atoms with Crippen LogP contribution in [0.25, 0.3) is 11.0 Å². The summed E-state index contributed by atoms with van der Waals surface area (Å²) in [4.78, 5) is 15.3. The molecule has 0 saturated heterocycles. The van der Waals surface area contributed by atoms with Crippen LogP contribution >= 0.6 is 0 Å².